The fourth-order valence-corrected chi connectivity index (χ4v) is 2.56. The molecular weight excluding hydrogens is 309 g/mol. The second-order valence-corrected chi connectivity index (χ2v) is 5.71. The van der Waals surface area contributed by atoms with Gasteiger partial charge in [-0.25, -0.2) is 0 Å². The number of ether oxygens (including phenoxy) is 1. The number of piperidine rings is 1. The highest BCUT2D eigenvalue weighted by Gasteiger charge is 2.30. The fraction of sp³-hybridized carbons (Fsp3) is 0.562. The lowest BCUT2D eigenvalue weighted by atomic mass is 10.00. The molecule has 23 heavy (non-hydrogen) atoms. The number of amides is 1. The van der Waals surface area contributed by atoms with Crippen LogP contribution in [-0.4, -0.2) is 31.9 Å². The Labute approximate surface area is 133 Å². The largest absolute Gasteiger partial charge is 0.573 e. The molecule has 0 aliphatic carbocycles. The zero-order valence-electron chi connectivity index (χ0n) is 12.8. The molecule has 4 nitrogen and oxygen atoms in total. The number of alkyl halides is 3. The van der Waals surface area contributed by atoms with E-state index in [2.05, 4.69) is 15.4 Å². The first-order valence-corrected chi connectivity index (χ1v) is 7.74. The lowest BCUT2D eigenvalue weighted by molar-refractivity contribution is -0.274. The van der Waals surface area contributed by atoms with E-state index in [1.165, 1.54) is 12.1 Å². The molecule has 1 unspecified atom stereocenters. The summed E-state index contributed by atoms with van der Waals surface area (Å²) in [4.78, 5) is 11.8. The quantitative estimate of drug-likeness (QED) is 0.843. The van der Waals surface area contributed by atoms with E-state index in [4.69, 9.17) is 0 Å². The standard InChI is InChI=1S/C16H21F3N2O2/c17-16(18,19)23-14-6-3-12(4-7-14)5-8-15(22)21-11-13-2-1-9-20-10-13/h3-4,6-7,13,20H,1-2,5,8-11H2,(H,21,22). The van der Waals surface area contributed by atoms with Crippen LogP contribution in [0.25, 0.3) is 0 Å². The summed E-state index contributed by atoms with van der Waals surface area (Å²) < 4.78 is 40.0. The monoisotopic (exact) mass is 330 g/mol. The molecule has 1 atom stereocenters. The van der Waals surface area contributed by atoms with Gasteiger partial charge in [-0.1, -0.05) is 12.1 Å². The van der Waals surface area contributed by atoms with E-state index in [0.717, 1.165) is 31.5 Å². The fourth-order valence-electron chi connectivity index (χ4n) is 2.56. The van der Waals surface area contributed by atoms with Crippen molar-refractivity contribution in [2.24, 2.45) is 5.92 Å². The lowest BCUT2D eigenvalue weighted by Gasteiger charge is -2.22. The number of carbonyl (C=O) groups excluding carboxylic acids is 1. The SMILES string of the molecule is O=C(CCc1ccc(OC(F)(F)F)cc1)NCC1CCCNC1. The van der Waals surface area contributed by atoms with Crippen molar-refractivity contribution in [2.45, 2.75) is 32.0 Å². The molecule has 7 heteroatoms. The Bertz CT molecular complexity index is 497. The molecule has 1 aromatic rings. The van der Waals surface area contributed by atoms with Crippen LogP contribution in [0.1, 0.15) is 24.8 Å². The van der Waals surface area contributed by atoms with E-state index in [1.54, 1.807) is 12.1 Å². The maximum absolute atomic E-state index is 12.1. The topological polar surface area (TPSA) is 50.4 Å². The van der Waals surface area contributed by atoms with Crippen LogP contribution in [0.2, 0.25) is 0 Å². The molecule has 2 N–H and O–H groups in total. The van der Waals surface area contributed by atoms with Crippen molar-refractivity contribution in [2.75, 3.05) is 19.6 Å². The molecule has 128 valence electrons. The first-order chi connectivity index (χ1) is 10.9. The van der Waals surface area contributed by atoms with Crippen LogP contribution in [0.3, 0.4) is 0 Å². The Kier molecular flexibility index (Phi) is 6.27. The zero-order valence-corrected chi connectivity index (χ0v) is 12.8. The van der Waals surface area contributed by atoms with Gasteiger partial charge in [-0.3, -0.25) is 4.79 Å². The number of hydrogen-bond acceptors (Lipinski definition) is 3. The van der Waals surface area contributed by atoms with E-state index in [1.807, 2.05) is 0 Å². The van der Waals surface area contributed by atoms with Crippen molar-refractivity contribution >= 4 is 5.91 Å². The summed E-state index contributed by atoms with van der Waals surface area (Å²) >= 11 is 0. The van der Waals surface area contributed by atoms with Crippen LogP contribution in [0.15, 0.2) is 24.3 Å². The number of nitrogens with one attached hydrogen (secondary N) is 2. The van der Waals surface area contributed by atoms with Crippen LogP contribution >= 0.6 is 0 Å². The highest BCUT2D eigenvalue weighted by atomic mass is 19.4. The molecule has 1 amide bonds. The van der Waals surface area contributed by atoms with Gasteiger partial charge in [0.15, 0.2) is 0 Å². The lowest BCUT2D eigenvalue weighted by Crippen LogP contribution is -2.38. The van der Waals surface area contributed by atoms with Gasteiger partial charge in [0.2, 0.25) is 5.91 Å². The number of rotatable bonds is 6. The summed E-state index contributed by atoms with van der Waals surface area (Å²) in [6, 6.07) is 5.60. The zero-order chi connectivity index (χ0) is 16.7. The minimum Gasteiger partial charge on any atom is -0.406 e. The molecule has 1 heterocycles. The third-order valence-electron chi connectivity index (χ3n) is 3.78. The van der Waals surface area contributed by atoms with Gasteiger partial charge >= 0.3 is 6.36 Å². The molecule has 1 aromatic carbocycles. The predicted octanol–water partition coefficient (Wildman–Crippen LogP) is 2.63. The average molecular weight is 330 g/mol. The minimum absolute atomic E-state index is 0.0359. The normalized spacial score (nSPS) is 18.5. The van der Waals surface area contributed by atoms with Crippen molar-refractivity contribution in [1.82, 2.24) is 10.6 Å². The molecule has 0 radical (unpaired) electrons. The van der Waals surface area contributed by atoms with Crippen molar-refractivity contribution in [3.8, 4) is 5.75 Å². The van der Waals surface area contributed by atoms with E-state index >= 15 is 0 Å². The molecular formula is C16H21F3N2O2. The molecule has 1 saturated heterocycles. The van der Waals surface area contributed by atoms with Crippen LogP contribution < -0.4 is 15.4 Å². The van der Waals surface area contributed by atoms with Crippen LogP contribution in [0.4, 0.5) is 13.2 Å². The Balaban J connectivity index is 1.69. The summed E-state index contributed by atoms with van der Waals surface area (Å²) in [6.45, 7) is 2.64. The number of halogens is 3. The molecule has 0 bridgehead atoms. The van der Waals surface area contributed by atoms with Gasteiger partial charge in [-0.2, -0.15) is 0 Å². The first-order valence-electron chi connectivity index (χ1n) is 7.74. The number of carbonyl (C=O) groups is 1. The Morgan fingerprint density at radius 3 is 2.65 bits per heavy atom. The van der Waals surface area contributed by atoms with Crippen molar-refractivity contribution < 1.29 is 22.7 Å². The summed E-state index contributed by atoms with van der Waals surface area (Å²) in [5.74, 6) is 0.188. The van der Waals surface area contributed by atoms with E-state index in [-0.39, 0.29) is 11.7 Å². The average Bonchev–Trinajstić information content (AvgIpc) is 2.52. The van der Waals surface area contributed by atoms with Crippen molar-refractivity contribution in [3.05, 3.63) is 29.8 Å². The summed E-state index contributed by atoms with van der Waals surface area (Å²) in [5.41, 5.74) is 0.800. The maximum atomic E-state index is 12.1. The van der Waals surface area contributed by atoms with Crippen LogP contribution in [-0.2, 0) is 11.2 Å². The summed E-state index contributed by atoms with van der Waals surface area (Å²) in [6.07, 6.45) is -1.63. The first kappa shape index (κ1) is 17.6. The highest BCUT2D eigenvalue weighted by molar-refractivity contribution is 5.76. The molecule has 2 rings (SSSR count). The molecule has 1 aliphatic heterocycles. The Morgan fingerprint density at radius 2 is 2.04 bits per heavy atom. The number of aryl methyl sites for hydroxylation is 1. The third-order valence-corrected chi connectivity index (χ3v) is 3.78. The summed E-state index contributed by atoms with van der Waals surface area (Å²) in [5, 5.41) is 6.21. The second kappa shape index (κ2) is 8.19. The van der Waals surface area contributed by atoms with Gasteiger partial charge in [0.1, 0.15) is 5.75 Å². The van der Waals surface area contributed by atoms with E-state index in [9.17, 15) is 18.0 Å². The van der Waals surface area contributed by atoms with Gasteiger partial charge < -0.3 is 15.4 Å². The molecule has 0 aromatic heterocycles. The van der Waals surface area contributed by atoms with Gasteiger partial charge in [0.25, 0.3) is 0 Å². The highest BCUT2D eigenvalue weighted by Crippen LogP contribution is 2.23. The predicted molar refractivity (Wildman–Crippen MR) is 80.0 cm³/mol. The smallest absolute Gasteiger partial charge is 0.406 e. The van der Waals surface area contributed by atoms with E-state index in [0.29, 0.717) is 25.3 Å². The van der Waals surface area contributed by atoms with Gasteiger partial charge in [0, 0.05) is 13.0 Å². The molecule has 1 fully saturated rings. The van der Waals surface area contributed by atoms with Gasteiger partial charge in [0.05, 0.1) is 0 Å². The molecule has 0 spiro atoms. The van der Waals surface area contributed by atoms with Crippen molar-refractivity contribution in [1.29, 1.82) is 0 Å². The van der Waals surface area contributed by atoms with Crippen LogP contribution in [0, 0.1) is 5.92 Å². The summed E-state index contributed by atoms with van der Waals surface area (Å²) in [7, 11) is 0. The van der Waals surface area contributed by atoms with Crippen LogP contribution in [0.5, 0.6) is 5.75 Å². The van der Waals surface area contributed by atoms with Crippen molar-refractivity contribution in [3.63, 3.8) is 0 Å². The minimum atomic E-state index is -4.69. The second-order valence-electron chi connectivity index (χ2n) is 5.71. The maximum Gasteiger partial charge on any atom is 0.573 e. The number of hydrogen-bond donors (Lipinski definition) is 2. The molecule has 0 saturated carbocycles. The Morgan fingerprint density at radius 1 is 1.30 bits per heavy atom. The third kappa shape index (κ3) is 6.90. The number of benzene rings is 1. The van der Waals surface area contributed by atoms with Gasteiger partial charge in [-0.05, 0) is 56.0 Å². The Hall–Kier alpha value is -1.76. The van der Waals surface area contributed by atoms with E-state index < -0.39 is 6.36 Å². The molecule has 1 aliphatic rings. The van der Waals surface area contributed by atoms with Gasteiger partial charge in [-0.15, -0.1) is 13.2 Å².